The standard InChI is InChI=1S/C5H7NO2/c1-5(4-7)2-3-6-8/h2-4,8H,1H3. The van der Waals surface area contributed by atoms with Crippen LogP contribution in [0, 0.1) is 0 Å². The van der Waals surface area contributed by atoms with E-state index in [0.29, 0.717) is 11.9 Å². The number of allylic oxidation sites excluding steroid dienone is 2. The predicted molar refractivity (Wildman–Crippen MR) is 30.1 cm³/mol. The Morgan fingerprint density at radius 1 is 1.75 bits per heavy atom. The Kier molecular flexibility index (Phi) is 3.48. The first-order valence-electron chi connectivity index (χ1n) is 2.10. The SMILES string of the molecule is CC(C=O)=CC=NO. The predicted octanol–water partition coefficient (Wildman–Crippen LogP) is 0.592. The molecule has 0 aliphatic heterocycles. The van der Waals surface area contributed by atoms with Crippen molar-refractivity contribution in [3.05, 3.63) is 11.6 Å². The van der Waals surface area contributed by atoms with Gasteiger partial charge < -0.3 is 5.21 Å². The van der Waals surface area contributed by atoms with E-state index in [0.717, 1.165) is 6.21 Å². The molecule has 8 heavy (non-hydrogen) atoms. The lowest BCUT2D eigenvalue weighted by atomic mass is 10.3. The average molecular weight is 113 g/mol. The lowest BCUT2D eigenvalue weighted by Gasteiger charge is -1.76. The molecule has 3 nitrogen and oxygen atoms in total. The number of carbonyl (C=O) groups is 1. The second-order valence-corrected chi connectivity index (χ2v) is 1.29. The van der Waals surface area contributed by atoms with Crippen LogP contribution in [0.1, 0.15) is 6.92 Å². The summed E-state index contributed by atoms with van der Waals surface area (Å²) in [5.74, 6) is 0. The molecule has 0 radical (unpaired) electrons. The minimum atomic E-state index is 0.530. The van der Waals surface area contributed by atoms with Gasteiger partial charge in [0.05, 0.1) is 6.21 Å². The van der Waals surface area contributed by atoms with Crippen LogP contribution < -0.4 is 0 Å². The van der Waals surface area contributed by atoms with Gasteiger partial charge in [-0.05, 0) is 18.6 Å². The highest BCUT2D eigenvalue weighted by Gasteiger charge is 1.76. The van der Waals surface area contributed by atoms with Gasteiger partial charge in [0.1, 0.15) is 6.29 Å². The first-order chi connectivity index (χ1) is 3.81. The third-order valence-corrected chi connectivity index (χ3v) is 0.590. The van der Waals surface area contributed by atoms with Gasteiger partial charge in [0.2, 0.25) is 0 Å². The van der Waals surface area contributed by atoms with Crippen molar-refractivity contribution in [2.24, 2.45) is 5.16 Å². The summed E-state index contributed by atoms with van der Waals surface area (Å²) in [6.45, 7) is 1.62. The molecule has 0 aliphatic carbocycles. The first-order valence-corrected chi connectivity index (χ1v) is 2.10. The van der Waals surface area contributed by atoms with Gasteiger partial charge in [-0.2, -0.15) is 0 Å². The van der Waals surface area contributed by atoms with Crippen LogP contribution in [0.25, 0.3) is 0 Å². The second-order valence-electron chi connectivity index (χ2n) is 1.29. The maximum atomic E-state index is 9.80. The van der Waals surface area contributed by atoms with Crippen molar-refractivity contribution in [1.82, 2.24) is 0 Å². The Balaban J connectivity index is 3.74. The van der Waals surface area contributed by atoms with Crippen molar-refractivity contribution >= 4 is 12.5 Å². The summed E-state index contributed by atoms with van der Waals surface area (Å²) in [6.07, 6.45) is 3.23. The molecule has 0 amide bonds. The van der Waals surface area contributed by atoms with Crippen molar-refractivity contribution in [2.45, 2.75) is 6.92 Å². The molecule has 0 atom stereocenters. The maximum Gasteiger partial charge on any atom is 0.145 e. The third-order valence-electron chi connectivity index (χ3n) is 0.590. The minimum absolute atomic E-state index is 0.530. The molecule has 0 aliphatic rings. The van der Waals surface area contributed by atoms with Crippen LogP contribution in [-0.4, -0.2) is 17.7 Å². The van der Waals surface area contributed by atoms with E-state index in [1.807, 2.05) is 0 Å². The van der Waals surface area contributed by atoms with Crippen molar-refractivity contribution in [3.63, 3.8) is 0 Å². The summed E-state index contributed by atoms with van der Waals surface area (Å²) in [5.41, 5.74) is 0.530. The summed E-state index contributed by atoms with van der Waals surface area (Å²) >= 11 is 0. The number of hydrogen-bond donors (Lipinski definition) is 1. The molecule has 0 aromatic carbocycles. The third kappa shape index (κ3) is 3.08. The molecule has 0 fully saturated rings. The van der Waals surface area contributed by atoms with Crippen LogP contribution in [-0.2, 0) is 4.79 Å². The van der Waals surface area contributed by atoms with Crippen molar-refractivity contribution in [1.29, 1.82) is 0 Å². The first kappa shape index (κ1) is 6.88. The topological polar surface area (TPSA) is 49.7 Å². The van der Waals surface area contributed by atoms with Crippen LogP contribution in [0.4, 0.5) is 0 Å². The smallest absolute Gasteiger partial charge is 0.145 e. The number of rotatable bonds is 2. The zero-order chi connectivity index (χ0) is 6.41. The fourth-order valence-corrected chi connectivity index (χ4v) is 0.190. The van der Waals surface area contributed by atoms with Crippen LogP contribution >= 0.6 is 0 Å². The van der Waals surface area contributed by atoms with E-state index in [-0.39, 0.29) is 0 Å². The molecule has 0 heterocycles. The largest absolute Gasteiger partial charge is 0.411 e. The van der Waals surface area contributed by atoms with Gasteiger partial charge in [-0.15, -0.1) is 0 Å². The molecule has 0 spiro atoms. The van der Waals surface area contributed by atoms with E-state index in [9.17, 15) is 4.79 Å². The fourth-order valence-electron chi connectivity index (χ4n) is 0.190. The Hall–Kier alpha value is -1.12. The molecular weight excluding hydrogens is 106 g/mol. The molecule has 0 saturated carbocycles. The fraction of sp³-hybridized carbons (Fsp3) is 0.200. The normalized spacial score (nSPS) is 12.4. The highest BCUT2D eigenvalue weighted by atomic mass is 16.4. The van der Waals surface area contributed by atoms with Gasteiger partial charge in [0.15, 0.2) is 0 Å². The molecule has 0 rings (SSSR count). The molecule has 44 valence electrons. The Bertz CT molecular complexity index is 126. The minimum Gasteiger partial charge on any atom is -0.411 e. The highest BCUT2D eigenvalue weighted by Crippen LogP contribution is 1.80. The van der Waals surface area contributed by atoms with Crippen LogP contribution in [0.5, 0.6) is 0 Å². The maximum absolute atomic E-state index is 9.80. The van der Waals surface area contributed by atoms with E-state index in [1.165, 1.54) is 6.08 Å². The molecule has 0 aromatic heterocycles. The summed E-state index contributed by atoms with van der Waals surface area (Å²) < 4.78 is 0. The van der Waals surface area contributed by atoms with E-state index in [4.69, 9.17) is 5.21 Å². The highest BCUT2D eigenvalue weighted by molar-refractivity contribution is 5.82. The zero-order valence-corrected chi connectivity index (χ0v) is 4.53. The Morgan fingerprint density at radius 2 is 2.38 bits per heavy atom. The molecular formula is C5H7NO2. The van der Waals surface area contributed by atoms with E-state index < -0.39 is 0 Å². The zero-order valence-electron chi connectivity index (χ0n) is 4.53. The van der Waals surface area contributed by atoms with E-state index >= 15 is 0 Å². The Labute approximate surface area is 47.3 Å². The van der Waals surface area contributed by atoms with Gasteiger partial charge in [0.25, 0.3) is 0 Å². The number of hydrogen-bond acceptors (Lipinski definition) is 3. The van der Waals surface area contributed by atoms with E-state index in [1.54, 1.807) is 6.92 Å². The van der Waals surface area contributed by atoms with Crippen molar-refractivity contribution in [2.75, 3.05) is 0 Å². The van der Waals surface area contributed by atoms with E-state index in [2.05, 4.69) is 5.16 Å². The number of oxime groups is 1. The number of carbonyl (C=O) groups excluding carboxylic acids is 1. The van der Waals surface area contributed by atoms with Crippen LogP contribution in [0.3, 0.4) is 0 Å². The van der Waals surface area contributed by atoms with Gasteiger partial charge >= 0.3 is 0 Å². The summed E-state index contributed by atoms with van der Waals surface area (Å²) in [5, 5.41) is 10.5. The van der Waals surface area contributed by atoms with Gasteiger partial charge in [-0.1, -0.05) is 5.16 Å². The molecule has 3 heteroatoms. The van der Waals surface area contributed by atoms with Gasteiger partial charge in [0, 0.05) is 0 Å². The lowest BCUT2D eigenvalue weighted by Crippen LogP contribution is -1.75. The quantitative estimate of drug-likeness (QED) is 0.187. The molecule has 0 unspecified atom stereocenters. The average Bonchev–Trinajstić information content (AvgIpc) is 1.83. The molecule has 0 bridgehead atoms. The summed E-state index contributed by atoms with van der Waals surface area (Å²) in [4.78, 5) is 9.80. The molecule has 1 N–H and O–H groups in total. The van der Waals surface area contributed by atoms with Gasteiger partial charge in [-0.25, -0.2) is 0 Å². The van der Waals surface area contributed by atoms with Crippen molar-refractivity contribution in [3.8, 4) is 0 Å². The second kappa shape index (κ2) is 4.05. The van der Waals surface area contributed by atoms with Crippen LogP contribution in [0.2, 0.25) is 0 Å². The van der Waals surface area contributed by atoms with Gasteiger partial charge in [-0.3, -0.25) is 4.79 Å². The summed E-state index contributed by atoms with van der Waals surface area (Å²) in [7, 11) is 0. The number of aldehydes is 1. The monoisotopic (exact) mass is 113 g/mol. The van der Waals surface area contributed by atoms with Crippen molar-refractivity contribution < 1.29 is 10.0 Å². The van der Waals surface area contributed by atoms with Crippen LogP contribution in [0.15, 0.2) is 16.8 Å². The number of nitrogens with zero attached hydrogens (tertiary/aromatic N) is 1. The summed E-state index contributed by atoms with van der Waals surface area (Å²) in [6, 6.07) is 0. The Morgan fingerprint density at radius 3 is 2.75 bits per heavy atom. The molecule has 0 aromatic rings. The lowest BCUT2D eigenvalue weighted by molar-refractivity contribution is -0.104. The molecule has 0 saturated heterocycles.